The molecule has 0 aromatic heterocycles. The molecule has 1 aliphatic heterocycles. The number of nitrogens with zero attached hydrogens (tertiary/aromatic N) is 2. The Bertz CT molecular complexity index is 1000. The minimum absolute atomic E-state index is 0.0858. The number of anilines is 1. The van der Waals surface area contributed by atoms with Gasteiger partial charge in [0.1, 0.15) is 5.84 Å². The zero-order valence-corrected chi connectivity index (χ0v) is 16.3. The number of amides is 1. The summed E-state index contributed by atoms with van der Waals surface area (Å²) in [5, 5.41) is 13.7. The molecular formula is C18H18ClN3O4S. The molecule has 142 valence electrons. The van der Waals surface area contributed by atoms with Gasteiger partial charge < -0.3 is 15.3 Å². The lowest BCUT2D eigenvalue weighted by molar-refractivity contribution is -0.136. The molecule has 0 radical (unpaired) electrons. The van der Waals surface area contributed by atoms with Gasteiger partial charge in [-0.1, -0.05) is 11.6 Å². The maximum atomic E-state index is 12.1. The van der Waals surface area contributed by atoms with Crippen molar-refractivity contribution < 1.29 is 18.3 Å². The van der Waals surface area contributed by atoms with Crippen LogP contribution in [0.15, 0.2) is 58.4 Å². The van der Waals surface area contributed by atoms with E-state index in [4.69, 9.17) is 11.6 Å². The van der Waals surface area contributed by atoms with Crippen molar-refractivity contribution >= 4 is 38.9 Å². The predicted octanol–water partition coefficient (Wildman–Crippen LogP) is 1.44. The van der Waals surface area contributed by atoms with E-state index in [9.17, 15) is 18.3 Å². The van der Waals surface area contributed by atoms with Crippen molar-refractivity contribution in [2.45, 2.75) is 10.6 Å². The SMILES string of the molecule is CNC(=O)C1(O)CN(c2ccc(Cl)cc2)C(c2ccc(S(C)(=O)=O)cc2)=N1. The largest absolute Gasteiger partial charge is 0.360 e. The molecule has 9 heteroatoms. The van der Waals surface area contributed by atoms with Crippen molar-refractivity contribution in [3.63, 3.8) is 0 Å². The summed E-state index contributed by atoms with van der Waals surface area (Å²) in [6.07, 6.45) is 1.12. The summed E-state index contributed by atoms with van der Waals surface area (Å²) in [4.78, 5) is 18.2. The zero-order valence-electron chi connectivity index (χ0n) is 14.7. The minimum atomic E-state index is -3.34. The number of carbonyl (C=O) groups excluding carboxylic acids is 1. The average molecular weight is 408 g/mol. The van der Waals surface area contributed by atoms with E-state index < -0.39 is 21.5 Å². The number of benzene rings is 2. The third kappa shape index (κ3) is 3.83. The van der Waals surface area contributed by atoms with Gasteiger partial charge in [0.2, 0.25) is 0 Å². The number of carbonyl (C=O) groups is 1. The Morgan fingerprint density at radius 3 is 2.30 bits per heavy atom. The number of sulfone groups is 1. The molecule has 1 atom stereocenters. The van der Waals surface area contributed by atoms with Crippen molar-refractivity contribution in [1.29, 1.82) is 0 Å². The fourth-order valence-corrected chi connectivity index (χ4v) is 3.55. The first-order chi connectivity index (χ1) is 12.6. The van der Waals surface area contributed by atoms with Crippen LogP contribution in [0.3, 0.4) is 0 Å². The molecule has 0 spiro atoms. The Balaban J connectivity index is 2.07. The van der Waals surface area contributed by atoms with Crippen LogP contribution in [0.25, 0.3) is 0 Å². The summed E-state index contributed by atoms with van der Waals surface area (Å²) in [5.74, 6) is -0.285. The quantitative estimate of drug-likeness (QED) is 0.799. The van der Waals surface area contributed by atoms with Crippen LogP contribution in [0.4, 0.5) is 5.69 Å². The molecule has 27 heavy (non-hydrogen) atoms. The molecule has 1 aliphatic rings. The first-order valence-corrected chi connectivity index (χ1v) is 10.3. The van der Waals surface area contributed by atoms with Crippen LogP contribution in [-0.2, 0) is 14.6 Å². The predicted molar refractivity (Wildman–Crippen MR) is 104 cm³/mol. The minimum Gasteiger partial charge on any atom is -0.360 e. The van der Waals surface area contributed by atoms with Crippen LogP contribution < -0.4 is 10.2 Å². The number of halogens is 1. The highest BCUT2D eigenvalue weighted by atomic mass is 35.5. The van der Waals surface area contributed by atoms with Gasteiger partial charge in [0.25, 0.3) is 11.6 Å². The van der Waals surface area contributed by atoms with Crippen molar-refractivity contribution in [1.82, 2.24) is 5.32 Å². The summed E-state index contributed by atoms with van der Waals surface area (Å²) in [6, 6.07) is 13.0. The van der Waals surface area contributed by atoms with E-state index in [1.165, 1.54) is 19.2 Å². The number of nitrogens with one attached hydrogen (secondary N) is 1. The van der Waals surface area contributed by atoms with Crippen LogP contribution >= 0.6 is 11.6 Å². The lowest BCUT2D eigenvalue weighted by Gasteiger charge is -2.23. The van der Waals surface area contributed by atoms with Gasteiger partial charge in [0.05, 0.1) is 11.4 Å². The first kappa shape index (κ1) is 19.3. The van der Waals surface area contributed by atoms with Crippen molar-refractivity contribution in [3.05, 3.63) is 59.1 Å². The number of amidine groups is 1. The van der Waals surface area contributed by atoms with Crippen molar-refractivity contribution in [3.8, 4) is 0 Å². The Morgan fingerprint density at radius 1 is 1.19 bits per heavy atom. The van der Waals surface area contributed by atoms with Gasteiger partial charge in [-0.2, -0.15) is 0 Å². The third-order valence-corrected chi connectivity index (χ3v) is 5.58. The van der Waals surface area contributed by atoms with E-state index in [2.05, 4.69) is 10.3 Å². The maximum absolute atomic E-state index is 12.1. The van der Waals surface area contributed by atoms with E-state index in [-0.39, 0.29) is 11.4 Å². The van der Waals surface area contributed by atoms with Crippen LogP contribution in [0.2, 0.25) is 5.02 Å². The van der Waals surface area contributed by atoms with Crippen molar-refractivity contribution in [2.24, 2.45) is 4.99 Å². The van der Waals surface area contributed by atoms with E-state index in [1.54, 1.807) is 41.3 Å². The van der Waals surface area contributed by atoms with Gasteiger partial charge in [-0.05, 0) is 48.5 Å². The molecule has 0 saturated heterocycles. The highest BCUT2D eigenvalue weighted by Crippen LogP contribution is 2.29. The molecule has 7 nitrogen and oxygen atoms in total. The molecule has 3 rings (SSSR count). The van der Waals surface area contributed by atoms with Gasteiger partial charge in [-0.15, -0.1) is 0 Å². The van der Waals surface area contributed by atoms with Gasteiger partial charge in [-0.25, -0.2) is 13.4 Å². The highest BCUT2D eigenvalue weighted by molar-refractivity contribution is 7.90. The number of rotatable bonds is 4. The molecule has 0 fully saturated rings. The molecule has 0 aliphatic carbocycles. The molecule has 0 saturated carbocycles. The van der Waals surface area contributed by atoms with E-state index in [0.717, 1.165) is 6.26 Å². The second-order valence-corrected chi connectivity index (χ2v) is 8.64. The number of aliphatic imine (C=N–C) groups is 1. The monoisotopic (exact) mass is 407 g/mol. The van der Waals surface area contributed by atoms with Gasteiger partial charge >= 0.3 is 0 Å². The smallest absolute Gasteiger partial charge is 0.276 e. The first-order valence-electron chi connectivity index (χ1n) is 8.02. The summed E-state index contributed by atoms with van der Waals surface area (Å²) in [6.45, 7) is -0.0858. The number of hydrogen-bond donors (Lipinski definition) is 2. The number of hydrogen-bond acceptors (Lipinski definition) is 6. The van der Waals surface area contributed by atoms with E-state index in [1.807, 2.05) is 0 Å². The van der Waals surface area contributed by atoms with E-state index >= 15 is 0 Å². The lowest BCUT2D eigenvalue weighted by atomic mass is 10.1. The normalized spacial score (nSPS) is 19.7. The summed E-state index contributed by atoms with van der Waals surface area (Å²) in [5.41, 5.74) is -0.707. The molecule has 2 aromatic carbocycles. The standard InChI is InChI=1S/C18H18ClN3O4S/c1-20-17(23)18(24)11-22(14-7-5-13(19)6-8-14)16(21-18)12-3-9-15(10-4-12)27(2,25)26/h3-10,24H,11H2,1-2H3,(H,20,23). The van der Waals surface area contributed by atoms with Crippen LogP contribution in [0.1, 0.15) is 5.56 Å². The van der Waals surface area contributed by atoms with Gasteiger partial charge in [0.15, 0.2) is 9.84 Å². The van der Waals surface area contributed by atoms with Crippen LogP contribution in [0, 0.1) is 0 Å². The molecule has 1 heterocycles. The average Bonchev–Trinajstić information content (AvgIpc) is 3.00. The zero-order chi connectivity index (χ0) is 19.8. The lowest BCUT2D eigenvalue weighted by Crippen LogP contribution is -2.48. The van der Waals surface area contributed by atoms with Crippen LogP contribution in [0.5, 0.6) is 0 Å². The molecule has 1 unspecified atom stereocenters. The highest BCUT2D eigenvalue weighted by Gasteiger charge is 2.44. The number of likely N-dealkylation sites (N-methyl/N-ethyl adjacent to an activating group) is 1. The summed E-state index contributed by atoms with van der Waals surface area (Å²) < 4.78 is 23.3. The second kappa shape index (κ2) is 6.95. The second-order valence-electron chi connectivity index (χ2n) is 6.19. The number of aliphatic hydroxyl groups is 1. The molecule has 2 aromatic rings. The molecular weight excluding hydrogens is 390 g/mol. The number of β-amino-alcohol motifs (C(OH)–C–C–N with tert-alkyl or cyclic N) is 1. The molecule has 0 bridgehead atoms. The topological polar surface area (TPSA) is 99.1 Å². The summed E-state index contributed by atoms with van der Waals surface area (Å²) >= 11 is 5.94. The van der Waals surface area contributed by atoms with Crippen molar-refractivity contribution in [2.75, 3.05) is 24.7 Å². The Kier molecular flexibility index (Phi) is 4.98. The Morgan fingerprint density at radius 2 is 1.78 bits per heavy atom. The Hall–Kier alpha value is -2.42. The Labute approximate surface area is 162 Å². The fraction of sp³-hybridized carbons (Fsp3) is 0.222. The third-order valence-electron chi connectivity index (χ3n) is 4.19. The van der Waals surface area contributed by atoms with Gasteiger partial charge in [-0.3, -0.25) is 4.79 Å². The fourth-order valence-electron chi connectivity index (χ4n) is 2.80. The summed E-state index contributed by atoms with van der Waals surface area (Å²) in [7, 11) is -1.92. The maximum Gasteiger partial charge on any atom is 0.276 e. The molecule has 1 amide bonds. The van der Waals surface area contributed by atoms with Crippen LogP contribution in [-0.4, -0.2) is 50.8 Å². The molecule has 2 N–H and O–H groups in total. The van der Waals surface area contributed by atoms with Gasteiger partial charge in [0, 0.05) is 29.6 Å². The van der Waals surface area contributed by atoms with E-state index in [0.29, 0.717) is 22.1 Å².